The SMILES string of the molecule is Clc1cccc(Cl)c1-c1ccc2cc(Nc3ccnc(N4CCNCC4)n3)ncc2c1. The van der Waals surface area contributed by atoms with Gasteiger partial charge in [-0.25, -0.2) is 9.97 Å². The zero-order chi connectivity index (χ0) is 21.2. The van der Waals surface area contributed by atoms with Crippen LogP contribution in [0.25, 0.3) is 21.9 Å². The van der Waals surface area contributed by atoms with Crippen molar-refractivity contribution in [2.45, 2.75) is 0 Å². The number of benzene rings is 2. The first-order valence-electron chi connectivity index (χ1n) is 10.1. The van der Waals surface area contributed by atoms with Crippen molar-refractivity contribution in [1.82, 2.24) is 20.3 Å². The molecule has 2 N–H and O–H groups in total. The molecule has 31 heavy (non-hydrogen) atoms. The molecule has 0 unspecified atom stereocenters. The van der Waals surface area contributed by atoms with Crippen molar-refractivity contribution in [3.63, 3.8) is 0 Å². The quantitative estimate of drug-likeness (QED) is 0.447. The Hall–Kier alpha value is -2.93. The lowest BCUT2D eigenvalue weighted by Gasteiger charge is -2.27. The molecule has 0 saturated carbocycles. The van der Waals surface area contributed by atoms with Gasteiger partial charge in [-0.1, -0.05) is 41.4 Å². The van der Waals surface area contributed by atoms with Crippen molar-refractivity contribution in [2.24, 2.45) is 0 Å². The molecule has 2 aromatic heterocycles. The van der Waals surface area contributed by atoms with Gasteiger partial charge in [0, 0.05) is 59.6 Å². The molecule has 6 nitrogen and oxygen atoms in total. The van der Waals surface area contributed by atoms with Gasteiger partial charge in [-0.3, -0.25) is 0 Å². The molecule has 0 amide bonds. The normalized spacial score (nSPS) is 14.1. The van der Waals surface area contributed by atoms with E-state index in [0.717, 1.165) is 65.7 Å². The molecule has 0 radical (unpaired) electrons. The van der Waals surface area contributed by atoms with Gasteiger partial charge in [0.1, 0.15) is 11.6 Å². The maximum atomic E-state index is 6.37. The summed E-state index contributed by atoms with van der Waals surface area (Å²) in [6.45, 7) is 3.67. The highest BCUT2D eigenvalue weighted by Crippen LogP contribution is 2.36. The number of nitrogens with zero attached hydrogens (tertiary/aromatic N) is 4. The molecule has 0 spiro atoms. The van der Waals surface area contributed by atoms with Crippen LogP contribution in [0.1, 0.15) is 0 Å². The van der Waals surface area contributed by atoms with E-state index in [0.29, 0.717) is 10.0 Å². The van der Waals surface area contributed by atoms with Gasteiger partial charge in [0.2, 0.25) is 5.95 Å². The first kappa shape index (κ1) is 20.0. The highest BCUT2D eigenvalue weighted by atomic mass is 35.5. The van der Waals surface area contributed by atoms with E-state index in [1.807, 2.05) is 54.7 Å². The third-order valence-corrected chi connectivity index (χ3v) is 5.90. The topological polar surface area (TPSA) is 66.0 Å². The first-order chi connectivity index (χ1) is 15.2. The van der Waals surface area contributed by atoms with Gasteiger partial charge in [0.15, 0.2) is 0 Å². The molecule has 1 aliphatic rings. The molecule has 0 aliphatic carbocycles. The summed E-state index contributed by atoms with van der Waals surface area (Å²) < 4.78 is 0. The lowest BCUT2D eigenvalue weighted by atomic mass is 10.0. The molecule has 1 fully saturated rings. The van der Waals surface area contributed by atoms with Crippen molar-refractivity contribution in [3.8, 4) is 11.1 Å². The standard InChI is InChI=1S/C23H20Cl2N6/c24-18-2-1-3-19(25)22(18)16-5-4-15-13-21(28-14-17(15)12-16)29-20-6-7-27-23(30-20)31-10-8-26-9-11-31/h1-7,12-14,26H,8-11H2,(H,27,28,29,30). The van der Waals surface area contributed by atoms with Gasteiger partial charge in [-0.05, 0) is 41.3 Å². The molecule has 8 heteroatoms. The predicted molar refractivity (Wildman–Crippen MR) is 128 cm³/mol. The van der Waals surface area contributed by atoms with Crippen LogP contribution >= 0.6 is 23.2 Å². The third kappa shape index (κ3) is 4.28. The zero-order valence-corrected chi connectivity index (χ0v) is 18.2. The van der Waals surface area contributed by atoms with E-state index in [4.69, 9.17) is 23.2 Å². The number of piperazine rings is 1. The molecule has 1 aliphatic heterocycles. The Balaban J connectivity index is 1.41. The molecule has 4 aromatic rings. The zero-order valence-electron chi connectivity index (χ0n) is 16.6. The number of anilines is 3. The fourth-order valence-electron chi connectivity index (χ4n) is 3.71. The summed E-state index contributed by atoms with van der Waals surface area (Å²) in [6, 6.07) is 15.5. The number of rotatable bonds is 4. The summed E-state index contributed by atoms with van der Waals surface area (Å²) in [5.41, 5.74) is 1.79. The Kier molecular flexibility index (Phi) is 5.59. The second-order valence-electron chi connectivity index (χ2n) is 7.33. The molecule has 1 saturated heterocycles. The van der Waals surface area contributed by atoms with Crippen molar-refractivity contribution < 1.29 is 0 Å². The average molecular weight is 451 g/mol. The minimum Gasteiger partial charge on any atom is -0.338 e. The van der Waals surface area contributed by atoms with Crippen molar-refractivity contribution in [2.75, 3.05) is 36.4 Å². The number of hydrogen-bond donors (Lipinski definition) is 2. The molecular weight excluding hydrogens is 431 g/mol. The highest BCUT2D eigenvalue weighted by Gasteiger charge is 2.14. The van der Waals surface area contributed by atoms with E-state index in [1.165, 1.54) is 0 Å². The second-order valence-corrected chi connectivity index (χ2v) is 8.15. The van der Waals surface area contributed by atoms with E-state index in [1.54, 1.807) is 6.20 Å². The van der Waals surface area contributed by atoms with E-state index < -0.39 is 0 Å². The molecular formula is C23H20Cl2N6. The van der Waals surface area contributed by atoms with Gasteiger partial charge < -0.3 is 15.5 Å². The molecule has 0 bridgehead atoms. The predicted octanol–water partition coefficient (Wildman–Crippen LogP) is 5.15. The fourth-order valence-corrected chi connectivity index (χ4v) is 4.32. The van der Waals surface area contributed by atoms with Crippen LogP contribution in [0.15, 0.2) is 60.9 Å². The van der Waals surface area contributed by atoms with Crippen molar-refractivity contribution in [3.05, 3.63) is 71.0 Å². The van der Waals surface area contributed by atoms with Crippen LogP contribution in [-0.4, -0.2) is 41.1 Å². The first-order valence-corrected chi connectivity index (χ1v) is 10.8. The smallest absolute Gasteiger partial charge is 0.227 e. The molecule has 0 atom stereocenters. The maximum absolute atomic E-state index is 6.37. The Morgan fingerprint density at radius 2 is 1.68 bits per heavy atom. The van der Waals surface area contributed by atoms with Crippen LogP contribution in [0.3, 0.4) is 0 Å². The van der Waals surface area contributed by atoms with E-state index in [9.17, 15) is 0 Å². The van der Waals surface area contributed by atoms with Crippen LogP contribution in [-0.2, 0) is 0 Å². The minimum absolute atomic E-state index is 0.627. The van der Waals surface area contributed by atoms with E-state index >= 15 is 0 Å². The van der Waals surface area contributed by atoms with Crippen LogP contribution in [0, 0.1) is 0 Å². The summed E-state index contributed by atoms with van der Waals surface area (Å²) in [6.07, 6.45) is 3.61. The minimum atomic E-state index is 0.627. The molecule has 3 heterocycles. The lowest BCUT2D eigenvalue weighted by Crippen LogP contribution is -2.44. The Morgan fingerprint density at radius 1 is 0.871 bits per heavy atom. The van der Waals surface area contributed by atoms with Crippen LogP contribution in [0.4, 0.5) is 17.6 Å². The van der Waals surface area contributed by atoms with Crippen LogP contribution in [0.2, 0.25) is 10.0 Å². The Bertz CT molecular complexity index is 1220. The summed E-state index contributed by atoms with van der Waals surface area (Å²) in [5.74, 6) is 2.17. The average Bonchev–Trinajstić information content (AvgIpc) is 2.80. The number of hydrogen-bond acceptors (Lipinski definition) is 6. The van der Waals surface area contributed by atoms with Gasteiger partial charge in [-0.2, -0.15) is 4.98 Å². The molecule has 2 aromatic carbocycles. The maximum Gasteiger partial charge on any atom is 0.227 e. The van der Waals surface area contributed by atoms with Gasteiger partial charge in [0.05, 0.1) is 0 Å². The third-order valence-electron chi connectivity index (χ3n) is 5.27. The number of nitrogens with one attached hydrogen (secondary N) is 2. The summed E-state index contributed by atoms with van der Waals surface area (Å²) in [7, 11) is 0. The fraction of sp³-hybridized carbons (Fsp3) is 0.174. The Labute approximate surface area is 190 Å². The van der Waals surface area contributed by atoms with Gasteiger partial charge >= 0.3 is 0 Å². The number of fused-ring (bicyclic) bond motifs is 1. The van der Waals surface area contributed by atoms with Gasteiger partial charge in [-0.15, -0.1) is 0 Å². The highest BCUT2D eigenvalue weighted by molar-refractivity contribution is 6.39. The summed E-state index contributed by atoms with van der Waals surface area (Å²) in [5, 5.41) is 9.95. The summed E-state index contributed by atoms with van der Waals surface area (Å²) in [4.78, 5) is 15.8. The second kappa shape index (κ2) is 8.67. The lowest BCUT2D eigenvalue weighted by molar-refractivity contribution is 0.580. The van der Waals surface area contributed by atoms with Crippen LogP contribution in [0.5, 0.6) is 0 Å². The van der Waals surface area contributed by atoms with Crippen LogP contribution < -0.4 is 15.5 Å². The van der Waals surface area contributed by atoms with Crippen molar-refractivity contribution >= 4 is 51.6 Å². The van der Waals surface area contributed by atoms with Crippen molar-refractivity contribution in [1.29, 1.82) is 0 Å². The molecule has 5 rings (SSSR count). The van der Waals surface area contributed by atoms with E-state index in [-0.39, 0.29) is 0 Å². The largest absolute Gasteiger partial charge is 0.338 e. The monoisotopic (exact) mass is 450 g/mol. The molecule has 156 valence electrons. The van der Waals surface area contributed by atoms with E-state index in [2.05, 4.69) is 30.5 Å². The number of halogens is 2. The summed E-state index contributed by atoms with van der Waals surface area (Å²) >= 11 is 12.7. The van der Waals surface area contributed by atoms with Gasteiger partial charge in [0.25, 0.3) is 0 Å². The Morgan fingerprint density at radius 3 is 2.48 bits per heavy atom. The number of pyridine rings is 1. The number of aromatic nitrogens is 3.